The van der Waals surface area contributed by atoms with Crippen molar-refractivity contribution in [3.05, 3.63) is 15.6 Å². The fourth-order valence-corrected chi connectivity index (χ4v) is 4.60. The van der Waals surface area contributed by atoms with Gasteiger partial charge in [-0.05, 0) is 18.3 Å². The van der Waals surface area contributed by atoms with E-state index in [1.165, 1.54) is 17.6 Å². The second kappa shape index (κ2) is 4.03. The number of fused-ring (bicyclic) bond motifs is 1. The van der Waals surface area contributed by atoms with E-state index in [-0.39, 0.29) is 17.2 Å². The van der Waals surface area contributed by atoms with Gasteiger partial charge in [0, 0.05) is 17.2 Å². The first-order chi connectivity index (χ1) is 7.66. The van der Waals surface area contributed by atoms with E-state index in [0.717, 1.165) is 23.4 Å². The van der Waals surface area contributed by atoms with Crippen LogP contribution in [0.2, 0.25) is 0 Å². The lowest BCUT2D eigenvalue weighted by molar-refractivity contribution is 0.282. The monoisotopic (exact) mass is 274 g/mol. The van der Waals surface area contributed by atoms with Crippen LogP contribution in [0.15, 0.2) is 0 Å². The van der Waals surface area contributed by atoms with Crippen LogP contribution in [-0.2, 0) is 22.0 Å². The predicted molar refractivity (Wildman–Crippen MR) is 69.7 cm³/mol. The van der Waals surface area contributed by atoms with Gasteiger partial charge in [0.2, 0.25) is 0 Å². The third-order valence-electron chi connectivity index (χ3n) is 2.91. The summed E-state index contributed by atoms with van der Waals surface area (Å²) >= 11 is 1.46. The molecule has 96 valence electrons. The first kappa shape index (κ1) is 13.0. The largest absolute Gasteiger partial charge is 0.323 e. The Morgan fingerprint density at radius 3 is 2.76 bits per heavy atom. The Morgan fingerprint density at radius 2 is 2.18 bits per heavy atom. The maximum atomic E-state index is 11.3. The van der Waals surface area contributed by atoms with Crippen LogP contribution in [0.4, 0.5) is 0 Å². The molecule has 6 heteroatoms. The molecule has 1 aliphatic carbocycles. The summed E-state index contributed by atoms with van der Waals surface area (Å²) in [6.07, 6.45) is 3.05. The Labute approximate surface area is 106 Å². The van der Waals surface area contributed by atoms with Crippen molar-refractivity contribution in [1.82, 2.24) is 4.98 Å². The Morgan fingerprint density at radius 1 is 1.53 bits per heavy atom. The molecule has 0 bridgehead atoms. The lowest BCUT2D eigenvalue weighted by Gasteiger charge is -2.32. The first-order valence-electron chi connectivity index (χ1n) is 5.58. The van der Waals surface area contributed by atoms with Crippen LogP contribution < -0.4 is 5.73 Å². The molecule has 1 aliphatic rings. The maximum absolute atomic E-state index is 11.3. The zero-order valence-corrected chi connectivity index (χ0v) is 12.0. The number of aromatic nitrogens is 1. The van der Waals surface area contributed by atoms with Gasteiger partial charge in [0.25, 0.3) is 0 Å². The molecule has 1 aromatic heterocycles. The number of rotatable bonds is 2. The van der Waals surface area contributed by atoms with Crippen LogP contribution in [0.1, 0.15) is 41.9 Å². The van der Waals surface area contributed by atoms with Gasteiger partial charge in [-0.1, -0.05) is 13.8 Å². The molecule has 1 aromatic rings. The highest BCUT2D eigenvalue weighted by Crippen LogP contribution is 2.41. The highest BCUT2D eigenvalue weighted by atomic mass is 32.2. The Kier molecular flexibility index (Phi) is 3.08. The van der Waals surface area contributed by atoms with E-state index in [0.29, 0.717) is 5.01 Å². The molecule has 1 heterocycles. The number of hydrogen-bond donors (Lipinski definition) is 1. The van der Waals surface area contributed by atoms with Crippen LogP contribution in [0, 0.1) is 5.41 Å². The fraction of sp³-hybridized carbons (Fsp3) is 0.727. The van der Waals surface area contributed by atoms with Gasteiger partial charge in [0.15, 0.2) is 9.84 Å². The average Bonchev–Trinajstić information content (AvgIpc) is 2.41. The fourth-order valence-electron chi connectivity index (χ4n) is 2.33. The van der Waals surface area contributed by atoms with E-state index in [2.05, 4.69) is 18.8 Å². The predicted octanol–water partition coefficient (Wildman–Crippen LogP) is 1.66. The third kappa shape index (κ3) is 3.05. The van der Waals surface area contributed by atoms with Crippen molar-refractivity contribution in [2.24, 2.45) is 11.1 Å². The molecule has 1 atom stereocenters. The van der Waals surface area contributed by atoms with Crippen molar-refractivity contribution in [2.75, 3.05) is 6.26 Å². The van der Waals surface area contributed by atoms with Crippen LogP contribution in [-0.4, -0.2) is 19.7 Å². The molecule has 0 amide bonds. The highest BCUT2D eigenvalue weighted by Gasteiger charge is 2.33. The zero-order valence-electron chi connectivity index (χ0n) is 10.4. The molecule has 2 N–H and O–H groups in total. The normalized spacial score (nSPS) is 23.4. The van der Waals surface area contributed by atoms with Crippen molar-refractivity contribution in [3.8, 4) is 0 Å². The second-order valence-corrected chi connectivity index (χ2v) is 8.90. The highest BCUT2D eigenvalue weighted by molar-refractivity contribution is 7.90. The molecule has 0 saturated carbocycles. The van der Waals surface area contributed by atoms with Gasteiger partial charge in [-0.2, -0.15) is 0 Å². The van der Waals surface area contributed by atoms with Crippen molar-refractivity contribution in [2.45, 2.75) is 38.5 Å². The van der Waals surface area contributed by atoms with Gasteiger partial charge in [-0.25, -0.2) is 13.4 Å². The zero-order chi connectivity index (χ0) is 12.8. The van der Waals surface area contributed by atoms with Crippen molar-refractivity contribution >= 4 is 21.2 Å². The summed E-state index contributed by atoms with van der Waals surface area (Å²) in [5, 5.41) is 0.672. The third-order valence-corrected chi connectivity index (χ3v) is 5.12. The molecule has 0 radical (unpaired) electrons. The van der Waals surface area contributed by atoms with E-state index in [4.69, 9.17) is 5.73 Å². The lowest BCUT2D eigenvalue weighted by Crippen LogP contribution is -2.28. The van der Waals surface area contributed by atoms with Crippen LogP contribution in [0.3, 0.4) is 0 Å². The molecule has 0 saturated heterocycles. The number of nitrogens with zero attached hydrogens (tertiary/aromatic N) is 1. The van der Waals surface area contributed by atoms with Gasteiger partial charge in [-0.15, -0.1) is 11.3 Å². The summed E-state index contributed by atoms with van der Waals surface area (Å²) in [4.78, 5) is 5.51. The van der Waals surface area contributed by atoms with Gasteiger partial charge in [-0.3, -0.25) is 0 Å². The summed E-state index contributed by atoms with van der Waals surface area (Å²) < 4.78 is 22.5. The summed E-state index contributed by atoms with van der Waals surface area (Å²) in [7, 11) is -3.02. The van der Waals surface area contributed by atoms with E-state index in [1.54, 1.807) is 0 Å². The van der Waals surface area contributed by atoms with Crippen LogP contribution in [0.5, 0.6) is 0 Å². The molecule has 0 spiro atoms. The topological polar surface area (TPSA) is 73.0 Å². The number of sulfone groups is 1. The number of nitrogens with two attached hydrogens (primary N) is 1. The SMILES string of the molecule is CC1(C)Cc2nc(CS(C)(=O)=O)sc2C(N)C1. The minimum Gasteiger partial charge on any atom is -0.323 e. The maximum Gasteiger partial charge on any atom is 0.153 e. The Balaban J connectivity index is 2.33. The van der Waals surface area contributed by atoms with Crippen molar-refractivity contribution < 1.29 is 8.42 Å². The molecule has 17 heavy (non-hydrogen) atoms. The van der Waals surface area contributed by atoms with E-state index >= 15 is 0 Å². The number of thiazole rings is 1. The number of hydrogen-bond acceptors (Lipinski definition) is 5. The molecule has 2 rings (SSSR count). The first-order valence-corrected chi connectivity index (χ1v) is 8.46. The molecule has 1 unspecified atom stereocenters. The van der Waals surface area contributed by atoms with Gasteiger partial charge in [0.1, 0.15) is 10.8 Å². The molecule has 0 fully saturated rings. The Bertz CT molecular complexity index is 532. The van der Waals surface area contributed by atoms with Crippen molar-refractivity contribution in [3.63, 3.8) is 0 Å². The summed E-state index contributed by atoms with van der Waals surface area (Å²) in [5.41, 5.74) is 7.27. The van der Waals surface area contributed by atoms with Crippen LogP contribution in [0.25, 0.3) is 0 Å². The van der Waals surface area contributed by atoms with Gasteiger partial charge >= 0.3 is 0 Å². The molecule has 0 aromatic carbocycles. The minimum atomic E-state index is -3.02. The molecular weight excluding hydrogens is 256 g/mol. The summed E-state index contributed by atoms with van der Waals surface area (Å²) in [6, 6.07) is -0.000407. The van der Waals surface area contributed by atoms with E-state index in [9.17, 15) is 8.42 Å². The summed E-state index contributed by atoms with van der Waals surface area (Å²) in [6.45, 7) is 4.34. The molecule has 0 aliphatic heterocycles. The van der Waals surface area contributed by atoms with Gasteiger partial charge in [0.05, 0.1) is 5.69 Å². The lowest BCUT2D eigenvalue weighted by atomic mass is 9.77. The average molecular weight is 274 g/mol. The quantitative estimate of drug-likeness (QED) is 0.890. The standard InChI is InChI=1S/C11H18N2O2S2/c1-11(2)4-7(12)10-8(5-11)13-9(16-10)6-17(3,14)15/h7H,4-6,12H2,1-3H3. The van der Waals surface area contributed by atoms with Gasteiger partial charge < -0.3 is 5.73 Å². The smallest absolute Gasteiger partial charge is 0.153 e. The summed E-state index contributed by atoms with van der Waals surface area (Å²) in [5.74, 6) is 0.0256. The van der Waals surface area contributed by atoms with Crippen LogP contribution >= 0.6 is 11.3 Å². The minimum absolute atomic E-state index is 0.000407. The van der Waals surface area contributed by atoms with E-state index < -0.39 is 9.84 Å². The molecule has 4 nitrogen and oxygen atoms in total. The van der Waals surface area contributed by atoms with Crippen molar-refractivity contribution in [1.29, 1.82) is 0 Å². The molecular formula is C11H18N2O2S2. The second-order valence-electron chi connectivity index (χ2n) is 5.64. The van der Waals surface area contributed by atoms with E-state index in [1.807, 2.05) is 0 Å². The Hall–Kier alpha value is -0.460.